The Hall–Kier alpha value is -2.80. The van der Waals surface area contributed by atoms with Crippen molar-refractivity contribution >= 4 is 11.6 Å². The number of hydrogen-bond donors (Lipinski definition) is 0. The van der Waals surface area contributed by atoms with Gasteiger partial charge >= 0.3 is 0 Å². The molecule has 0 unspecified atom stereocenters. The van der Waals surface area contributed by atoms with E-state index < -0.39 is 0 Å². The highest BCUT2D eigenvalue weighted by Crippen LogP contribution is 2.28. The fourth-order valence-corrected chi connectivity index (χ4v) is 4.59. The van der Waals surface area contributed by atoms with Gasteiger partial charge in [0.05, 0.1) is 19.8 Å². The van der Waals surface area contributed by atoms with Crippen LogP contribution in [0.15, 0.2) is 42.5 Å². The lowest BCUT2D eigenvalue weighted by molar-refractivity contribution is 0.0560. The van der Waals surface area contributed by atoms with Crippen LogP contribution >= 0.6 is 0 Å². The molecule has 0 N–H and O–H groups in total. The minimum atomic E-state index is -0.206. The lowest BCUT2D eigenvalue weighted by Gasteiger charge is -2.44. The monoisotopic (exact) mass is 427 g/mol. The van der Waals surface area contributed by atoms with E-state index in [-0.39, 0.29) is 11.7 Å². The summed E-state index contributed by atoms with van der Waals surface area (Å²) >= 11 is 0. The molecule has 2 aliphatic rings. The van der Waals surface area contributed by atoms with Gasteiger partial charge in [-0.25, -0.2) is 4.39 Å². The van der Waals surface area contributed by atoms with Crippen LogP contribution in [0.3, 0.4) is 0 Å². The summed E-state index contributed by atoms with van der Waals surface area (Å²) in [7, 11) is 3.18. The number of piperidine rings is 1. The van der Waals surface area contributed by atoms with E-state index >= 15 is 0 Å². The van der Waals surface area contributed by atoms with Crippen molar-refractivity contribution in [1.82, 2.24) is 9.80 Å². The van der Waals surface area contributed by atoms with Gasteiger partial charge in [0, 0.05) is 51.0 Å². The van der Waals surface area contributed by atoms with Crippen molar-refractivity contribution in [1.29, 1.82) is 0 Å². The number of nitrogens with zero attached hydrogens (tertiary/aromatic N) is 3. The maximum absolute atomic E-state index is 13.3. The summed E-state index contributed by atoms with van der Waals surface area (Å²) in [5.74, 6) is 1.00. The standard InChI is InChI=1S/C24H30FN3O3/c1-30-21-9-10-23(31-2)22(16-21)24(29)28-11-3-4-20(17-28)27-14-12-26(13-15-27)19-7-5-18(25)6-8-19/h5-10,16,20H,3-4,11-15,17H2,1-2H3/t20-/m1/s1. The lowest BCUT2D eigenvalue weighted by atomic mass is 10.0. The van der Waals surface area contributed by atoms with Crippen molar-refractivity contribution in [2.24, 2.45) is 0 Å². The number of carbonyl (C=O) groups excluding carboxylic acids is 1. The van der Waals surface area contributed by atoms with Crippen molar-refractivity contribution in [3.8, 4) is 11.5 Å². The molecule has 1 atom stereocenters. The molecule has 2 aromatic rings. The van der Waals surface area contributed by atoms with Crippen LogP contribution in [0, 0.1) is 5.82 Å². The molecule has 2 saturated heterocycles. The Kier molecular flexibility index (Phi) is 6.61. The first-order valence-corrected chi connectivity index (χ1v) is 10.8. The predicted octanol–water partition coefficient (Wildman–Crippen LogP) is 3.27. The van der Waals surface area contributed by atoms with Gasteiger partial charge in [0.15, 0.2) is 0 Å². The van der Waals surface area contributed by atoms with E-state index in [0.29, 0.717) is 23.1 Å². The molecule has 7 heteroatoms. The number of halogens is 1. The second kappa shape index (κ2) is 9.56. The van der Waals surface area contributed by atoms with E-state index in [1.54, 1.807) is 32.4 Å². The molecule has 6 nitrogen and oxygen atoms in total. The second-order valence-corrected chi connectivity index (χ2v) is 8.11. The molecule has 1 amide bonds. The number of piperazine rings is 1. The van der Waals surface area contributed by atoms with E-state index in [9.17, 15) is 9.18 Å². The molecule has 0 aliphatic carbocycles. The molecule has 0 aromatic heterocycles. The zero-order valence-electron chi connectivity index (χ0n) is 18.2. The predicted molar refractivity (Wildman–Crippen MR) is 119 cm³/mol. The van der Waals surface area contributed by atoms with Crippen LogP contribution in [0.4, 0.5) is 10.1 Å². The highest BCUT2D eigenvalue weighted by molar-refractivity contribution is 5.97. The van der Waals surface area contributed by atoms with E-state index in [2.05, 4.69) is 9.80 Å². The fourth-order valence-electron chi connectivity index (χ4n) is 4.59. The molecule has 166 valence electrons. The van der Waals surface area contributed by atoms with Crippen LogP contribution in [-0.4, -0.2) is 75.2 Å². The number of ether oxygens (including phenoxy) is 2. The Bertz CT molecular complexity index is 897. The molecule has 4 rings (SSSR count). The molecule has 2 heterocycles. The van der Waals surface area contributed by atoms with E-state index in [0.717, 1.165) is 57.8 Å². The van der Waals surface area contributed by atoms with Gasteiger partial charge in [0.25, 0.3) is 5.91 Å². The summed E-state index contributed by atoms with van der Waals surface area (Å²) in [5, 5.41) is 0. The molecule has 2 fully saturated rings. The molecule has 0 saturated carbocycles. The quantitative estimate of drug-likeness (QED) is 0.733. The molecule has 31 heavy (non-hydrogen) atoms. The van der Waals surface area contributed by atoms with Crippen LogP contribution in [0.1, 0.15) is 23.2 Å². The smallest absolute Gasteiger partial charge is 0.257 e. The van der Waals surface area contributed by atoms with Crippen LogP contribution in [0.2, 0.25) is 0 Å². The largest absolute Gasteiger partial charge is 0.497 e. The maximum Gasteiger partial charge on any atom is 0.257 e. The summed E-state index contributed by atoms with van der Waals surface area (Å²) in [4.78, 5) is 20.0. The van der Waals surface area contributed by atoms with Gasteiger partial charge in [0.2, 0.25) is 0 Å². The molecule has 2 aliphatic heterocycles. The molecule has 0 radical (unpaired) electrons. The summed E-state index contributed by atoms with van der Waals surface area (Å²) in [6.45, 7) is 5.15. The summed E-state index contributed by atoms with van der Waals surface area (Å²) in [6.07, 6.45) is 2.08. The van der Waals surface area contributed by atoms with Crippen molar-refractivity contribution in [3.05, 3.63) is 53.8 Å². The third-order valence-electron chi connectivity index (χ3n) is 6.34. The zero-order valence-corrected chi connectivity index (χ0v) is 18.2. The summed E-state index contributed by atoms with van der Waals surface area (Å²) < 4.78 is 23.9. The number of rotatable bonds is 5. The van der Waals surface area contributed by atoms with Gasteiger partial charge in [-0.3, -0.25) is 9.69 Å². The van der Waals surface area contributed by atoms with Crippen LogP contribution < -0.4 is 14.4 Å². The fraction of sp³-hybridized carbons (Fsp3) is 0.458. The van der Waals surface area contributed by atoms with E-state index in [1.807, 2.05) is 17.0 Å². The maximum atomic E-state index is 13.3. The van der Waals surface area contributed by atoms with Crippen molar-refractivity contribution in [2.45, 2.75) is 18.9 Å². The zero-order chi connectivity index (χ0) is 21.8. The topological polar surface area (TPSA) is 45.3 Å². The Morgan fingerprint density at radius 3 is 2.39 bits per heavy atom. The summed E-state index contributed by atoms with van der Waals surface area (Å²) in [6, 6.07) is 12.4. The van der Waals surface area contributed by atoms with Gasteiger partial charge in [-0.1, -0.05) is 0 Å². The number of anilines is 1. The van der Waals surface area contributed by atoms with Gasteiger partial charge in [0.1, 0.15) is 17.3 Å². The first-order chi connectivity index (χ1) is 15.1. The number of carbonyl (C=O) groups is 1. The number of hydrogen-bond acceptors (Lipinski definition) is 5. The second-order valence-electron chi connectivity index (χ2n) is 8.11. The Labute approximate surface area is 183 Å². The van der Waals surface area contributed by atoms with Crippen LogP contribution in [0.5, 0.6) is 11.5 Å². The molecular formula is C24H30FN3O3. The van der Waals surface area contributed by atoms with Gasteiger partial charge < -0.3 is 19.3 Å². The molecule has 0 bridgehead atoms. The highest BCUT2D eigenvalue weighted by atomic mass is 19.1. The number of amides is 1. The van der Waals surface area contributed by atoms with Crippen molar-refractivity contribution in [3.63, 3.8) is 0 Å². The Balaban J connectivity index is 1.39. The SMILES string of the molecule is COc1ccc(OC)c(C(=O)N2CCC[C@@H](N3CCN(c4ccc(F)cc4)CC3)C2)c1. The highest BCUT2D eigenvalue weighted by Gasteiger charge is 2.31. The molecule has 2 aromatic carbocycles. The van der Waals surface area contributed by atoms with Crippen molar-refractivity contribution < 1.29 is 18.7 Å². The van der Waals surface area contributed by atoms with Crippen LogP contribution in [0.25, 0.3) is 0 Å². The van der Waals surface area contributed by atoms with Gasteiger partial charge in [-0.15, -0.1) is 0 Å². The van der Waals surface area contributed by atoms with E-state index in [4.69, 9.17) is 9.47 Å². The minimum Gasteiger partial charge on any atom is -0.497 e. The summed E-state index contributed by atoms with van der Waals surface area (Å²) in [5.41, 5.74) is 1.61. The third-order valence-corrected chi connectivity index (χ3v) is 6.34. The first kappa shape index (κ1) is 21.4. The Morgan fingerprint density at radius 1 is 0.968 bits per heavy atom. The van der Waals surface area contributed by atoms with E-state index in [1.165, 1.54) is 12.1 Å². The third kappa shape index (κ3) is 4.77. The van der Waals surface area contributed by atoms with Gasteiger partial charge in [-0.2, -0.15) is 0 Å². The average molecular weight is 428 g/mol. The molecule has 0 spiro atoms. The Morgan fingerprint density at radius 2 is 1.71 bits per heavy atom. The van der Waals surface area contributed by atoms with Gasteiger partial charge in [-0.05, 0) is 55.3 Å². The first-order valence-electron chi connectivity index (χ1n) is 10.8. The van der Waals surface area contributed by atoms with Crippen LogP contribution in [-0.2, 0) is 0 Å². The number of benzene rings is 2. The molecular weight excluding hydrogens is 397 g/mol. The minimum absolute atomic E-state index is 0.00889. The number of methoxy groups -OCH3 is 2. The number of likely N-dealkylation sites (tertiary alicyclic amines) is 1. The lowest BCUT2D eigenvalue weighted by Crippen LogP contribution is -2.55. The normalized spacial score (nSPS) is 19.9. The van der Waals surface area contributed by atoms with Crippen molar-refractivity contribution in [2.75, 3.05) is 58.4 Å². The average Bonchev–Trinajstić information content (AvgIpc) is 2.84.